The highest BCUT2D eigenvalue weighted by atomic mass is 35.5. The lowest BCUT2D eigenvalue weighted by atomic mass is 10.3. The molecule has 0 saturated heterocycles. The summed E-state index contributed by atoms with van der Waals surface area (Å²) in [5, 5.41) is 9.23. The maximum atomic E-state index is 5.93. The molecule has 0 spiro atoms. The van der Waals surface area contributed by atoms with Gasteiger partial charge in [-0.25, -0.2) is 4.68 Å². The van der Waals surface area contributed by atoms with Crippen molar-refractivity contribution in [2.75, 3.05) is 5.88 Å². The molecule has 2 aromatic rings. The predicted molar refractivity (Wildman–Crippen MR) is 70.4 cm³/mol. The van der Waals surface area contributed by atoms with Crippen LogP contribution in [0.5, 0.6) is 0 Å². The summed E-state index contributed by atoms with van der Waals surface area (Å²) < 4.78 is 1.65. The van der Waals surface area contributed by atoms with Crippen LogP contribution in [-0.2, 0) is 6.42 Å². The molecule has 0 atom stereocenters. The maximum absolute atomic E-state index is 5.93. The number of benzene rings is 1. The molecular formula is C11H10Cl3N3. The standard InChI is InChI=1S/C11H10Cl3N3/c12-3-1-2-10-7-17(16-15-10)11-5-8(13)4-9(14)6-11/h4-7H,1-3H2. The van der Waals surface area contributed by atoms with E-state index in [1.165, 1.54) is 0 Å². The van der Waals surface area contributed by atoms with Gasteiger partial charge in [-0.05, 0) is 31.0 Å². The van der Waals surface area contributed by atoms with Crippen molar-refractivity contribution >= 4 is 34.8 Å². The molecule has 1 aromatic carbocycles. The Morgan fingerprint density at radius 1 is 1.12 bits per heavy atom. The van der Waals surface area contributed by atoms with E-state index in [-0.39, 0.29) is 0 Å². The van der Waals surface area contributed by atoms with Gasteiger partial charge in [0.25, 0.3) is 0 Å². The number of aromatic nitrogens is 3. The zero-order valence-corrected chi connectivity index (χ0v) is 11.2. The molecule has 0 saturated carbocycles. The fourth-order valence-corrected chi connectivity index (χ4v) is 2.11. The summed E-state index contributed by atoms with van der Waals surface area (Å²) >= 11 is 17.5. The largest absolute Gasteiger partial charge is 0.220 e. The summed E-state index contributed by atoms with van der Waals surface area (Å²) in [5.41, 5.74) is 1.70. The lowest BCUT2D eigenvalue weighted by molar-refractivity contribution is 0.792. The first-order valence-corrected chi connectivity index (χ1v) is 6.42. The van der Waals surface area contributed by atoms with E-state index in [0.717, 1.165) is 24.2 Å². The minimum atomic E-state index is 0.574. The van der Waals surface area contributed by atoms with Crippen molar-refractivity contribution in [3.8, 4) is 5.69 Å². The Balaban J connectivity index is 2.24. The van der Waals surface area contributed by atoms with Gasteiger partial charge in [0.2, 0.25) is 0 Å². The summed E-state index contributed by atoms with van der Waals surface area (Å²) in [4.78, 5) is 0. The van der Waals surface area contributed by atoms with E-state index in [0.29, 0.717) is 15.9 Å². The third kappa shape index (κ3) is 3.35. The van der Waals surface area contributed by atoms with Gasteiger partial charge in [-0.15, -0.1) is 16.7 Å². The second kappa shape index (κ2) is 5.71. The molecule has 0 radical (unpaired) electrons. The van der Waals surface area contributed by atoms with Crippen LogP contribution in [0.15, 0.2) is 24.4 Å². The highest BCUT2D eigenvalue weighted by Gasteiger charge is 2.04. The Hall–Kier alpha value is -0.770. The SMILES string of the molecule is ClCCCc1cn(-c2cc(Cl)cc(Cl)c2)nn1. The van der Waals surface area contributed by atoms with Gasteiger partial charge in [0.05, 0.1) is 17.6 Å². The number of aryl methyl sites for hydroxylation is 1. The highest BCUT2D eigenvalue weighted by molar-refractivity contribution is 6.34. The molecule has 1 heterocycles. The molecule has 0 bridgehead atoms. The van der Waals surface area contributed by atoms with Crippen LogP contribution in [0.3, 0.4) is 0 Å². The van der Waals surface area contributed by atoms with Crippen molar-refractivity contribution < 1.29 is 0 Å². The van der Waals surface area contributed by atoms with Crippen molar-refractivity contribution in [3.05, 3.63) is 40.1 Å². The molecule has 2 rings (SSSR count). The molecule has 17 heavy (non-hydrogen) atoms. The van der Waals surface area contributed by atoms with Crippen molar-refractivity contribution in [3.63, 3.8) is 0 Å². The number of hydrogen-bond donors (Lipinski definition) is 0. The number of rotatable bonds is 4. The van der Waals surface area contributed by atoms with E-state index in [2.05, 4.69) is 10.3 Å². The second-order valence-corrected chi connectivity index (χ2v) is 4.83. The third-order valence-corrected chi connectivity index (χ3v) is 2.92. The Labute approximate surface area is 114 Å². The first-order chi connectivity index (χ1) is 8.19. The van der Waals surface area contributed by atoms with Crippen LogP contribution in [0.1, 0.15) is 12.1 Å². The van der Waals surface area contributed by atoms with Gasteiger partial charge in [0.15, 0.2) is 0 Å². The minimum Gasteiger partial charge on any atom is -0.220 e. The molecule has 0 fully saturated rings. The molecule has 1 aromatic heterocycles. The van der Waals surface area contributed by atoms with Crippen molar-refractivity contribution in [1.29, 1.82) is 0 Å². The van der Waals surface area contributed by atoms with E-state index >= 15 is 0 Å². The van der Waals surface area contributed by atoms with Gasteiger partial charge in [0, 0.05) is 15.9 Å². The van der Waals surface area contributed by atoms with Crippen molar-refractivity contribution in [2.24, 2.45) is 0 Å². The average molecular weight is 291 g/mol. The molecule has 0 amide bonds. The summed E-state index contributed by atoms with van der Waals surface area (Å²) in [6.07, 6.45) is 3.56. The molecule has 0 aliphatic heterocycles. The Bertz CT molecular complexity index is 490. The molecule has 3 nitrogen and oxygen atoms in total. The zero-order chi connectivity index (χ0) is 12.3. The smallest absolute Gasteiger partial charge is 0.0832 e. The monoisotopic (exact) mass is 289 g/mol. The molecule has 0 aliphatic carbocycles. The average Bonchev–Trinajstić information content (AvgIpc) is 2.73. The van der Waals surface area contributed by atoms with Crippen LogP contribution in [0.4, 0.5) is 0 Å². The molecular weight excluding hydrogens is 281 g/mol. The summed E-state index contributed by atoms with van der Waals surface area (Å²) in [6, 6.07) is 5.25. The summed E-state index contributed by atoms with van der Waals surface area (Å²) in [7, 11) is 0. The van der Waals surface area contributed by atoms with Crippen molar-refractivity contribution in [2.45, 2.75) is 12.8 Å². The minimum absolute atomic E-state index is 0.574. The number of nitrogens with zero attached hydrogens (tertiary/aromatic N) is 3. The Kier molecular flexibility index (Phi) is 4.26. The third-order valence-electron chi connectivity index (χ3n) is 2.22. The fraction of sp³-hybridized carbons (Fsp3) is 0.273. The van der Waals surface area contributed by atoms with Gasteiger partial charge in [-0.2, -0.15) is 0 Å². The van der Waals surface area contributed by atoms with Crippen LogP contribution in [0.25, 0.3) is 5.69 Å². The lowest BCUT2D eigenvalue weighted by Crippen LogP contribution is -1.94. The van der Waals surface area contributed by atoms with Crippen molar-refractivity contribution in [1.82, 2.24) is 15.0 Å². The van der Waals surface area contributed by atoms with Gasteiger partial charge in [-0.1, -0.05) is 28.4 Å². The maximum Gasteiger partial charge on any atom is 0.0832 e. The van der Waals surface area contributed by atoms with Crippen LogP contribution in [0, 0.1) is 0 Å². The van der Waals surface area contributed by atoms with Gasteiger partial charge in [-0.3, -0.25) is 0 Å². The molecule has 0 N–H and O–H groups in total. The van der Waals surface area contributed by atoms with Crippen LogP contribution in [-0.4, -0.2) is 20.9 Å². The summed E-state index contributed by atoms with van der Waals surface area (Å²) in [5.74, 6) is 0.621. The Morgan fingerprint density at radius 2 is 1.82 bits per heavy atom. The highest BCUT2D eigenvalue weighted by Crippen LogP contribution is 2.21. The molecule has 90 valence electrons. The predicted octanol–water partition coefficient (Wildman–Crippen LogP) is 3.75. The topological polar surface area (TPSA) is 30.7 Å². The normalized spacial score (nSPS) is 10.8. The zero-order valence-electron chi connectivity index (χ0n) is 8.91. The second-order valence-electron chi connectivity index (χ2n) is 3.57. The van der Waals surface area contributed by atoms with Crippen LogP contribution >= 0.6 is 34.8 Å². The van der Waals surface area contributed by atoms with E-state index in [1.54, 1.807) is 22.9 Å². The number of halogens is 3. The van der Waals surface area contributed by atoms with Gasteiger partial charge in [0.1, 0.15) is 0 Å². The van der Waals surface area contributed by atoms with Gasteiger partial charge < -0.3 is 0 Å². The first-order valence-electron chi connectivity index (χ1n) is 5.12. The van der Waals surface area contributed by atoms with E-state index in [4.69, 9.17) is 34.8 Å². The molecule has 6 heteroatoms. The van der Waals surface area contributed by atoms with Crippen LogP contribution in [0.2, 0.25) is 10.0 Å². The first kappa shape index (κ1) is 12.7. The number of hydrogen-bond acceptors (Lipinski definition) is 2. The quantitative estimate of drug-likeness (QED) is 0.803. The fourth-order valence-electron chi connectivity index (χ4n) is 1.46. The van der Waals surface area contributed by atoms with Crippen LogP contribution < -0.4 is 0 Å². The summed E-state index contributed by atoms with van der Waals surface area (Å²) in [6.45, 7) is 0. The van der Waals surface area contributed by atoms with E-state index in [1.807, 2.05) is 6.20 Å². The van der Waals surface area contributed by atoms with E-state index in [9.17, 15) is 0 Å². The lowest BCUT2D eigenvalue weighted by Gasteiger charge is -2.01. The Morgan fingerprint density at radius 3 is 2.47 bits per heavy atom. The number of alkyl halides is 1. The van der Waals surface area contributed by atoms with E-state index < -0.39 is 0 Å². The van der Waals surface area contributed by atoms with Gasteiger partial charge >= 0.3 is 0 Å². The molecule has 0 unspecified atom stereocenters. The molecule has 0 aliphatic rings.